The molecule has 2 aromatic carbocycles. The molecular weight excluding hydrogens is 432 g/mol. The van der Waals surface area contributed by atoms with Gasteiger partial charge in [0.1, 0.15) is 11.5 Å². The van der Waals surface area contributed by atoms with Gasteiger partial charge in [0.25, 0.3) is 5.88 Å². The van der Waals surface area contributed by atoms with Crippen LogP contribution in [0.25, 0.3) is 11.0 Å². The van der Waals surface area contributed by atoms with Crippen molar-refractivity contribution in [2.45, 2.75) is 12.8 Å². The lowest BCUT2D eigenvalue weighted by Gasteiger charge is -2.32. The number of carbonyl (C=O) groups is 1. The lowest BCUT2D eigenvalue weighted by atomic mass is 9.95. The van der Waals surface area contributed by atoms with Crippen molar-refractivity contribution in [3.8, 4) is 17.4 Å². The van der Waals surface area contributed by atoms with Crippen molar-refractivity contribution in [3.05, 3.63) is 41.4 Å². The predicted octanol–water partition coefficient (Wildman–Crippen LogP) is 4.16. The maximum Gasteiger partial charge on any atom is 0.257 e. The summed E-state index contributed by atoms with van der Waals surface area (Å²) in [5, 5.41) is 3.38. The summed E-state index contributed by atoms with van der Waals surface area (Å²) in [6, 6.07) is 11.0. The van der Waals surface area contributed by atoms with E-state index in [1.54, 1.807) is 19.2 Å². The molecule has 0 saturated carbocycles. The zero-order chi connectivity index (χ0) is 22.7. The van der Waals surface area contributed by atoms with E-state index in [4.69, 9.17) is 30.8 Å². The van der Waals surface area contributed by atoms with Crippen LogP contribution in [0.15, 0.2) is 36.4 Å². The molecule has 1 saturated heterocycles. The number of nitrogens with zero attached hydrogens (tertiary/aromatic N) is 3. The average molecular weight is 457 g/mol. The van der Waals surface area contributed by atoms with E-state index in [2.05, 4.69) is 15.2 Å². The molecule has 8 nitrogen and oxygen atoms in total. The molecule has 0 atom stereocenters. The van der Waals surface area contributed by atoms with Crippen molar-refractivity contribution >= 4 is 40.0 Å². The summed E-state index contributed by atoms with van der Waals surface area (Å²) in [5.74, 6) is 1.94. The van der Waals surface area contributed by atoms with Gasteiger partial charge in [-0.3, -0.25) is 4.79 Å². The Hall–Kier alpha value is -3.26. The van der Waals surface area contributed by atoms with Crippen LogP contribution in [-0.2, 0) is 4.79 Å². The summed E-state index contributed by atoms with van der Waals surface area (Å²) in [6.45, 7) is 1.34. The Kier molecular flexibility index (Phi) is 6.50. The van der Waals surface area contributed by atoms with Gasteiger partial charge in [0, 0.05) is 31.1 Å². The molecule has 0 spiro atoms. The van der Waals surface area contributed by atoms with E-state index in [0.717, 1.165) is 11.0 Å². The maximum absolute atomic E-state index is 12.9. The monoisotopic (exact) mass is 456 g/mol. The number of fused-ring (bicyclic) bond motifs is 1. The molecule has 9 heteroatoms. The first-order valence-electron chi connectivity index (χ1n) is 10.3. The van der Waals surface area contributed by atoms with Gasteiger partial charge in [-0.1, -0.05) is 23.7 Å². The lowest BCUT2D eigenvalue weighted by Crippen LogP contribution is -2.38. The minimum atomic E-state index is -0.142. The third kappa shape index (κ3) is 4.36. The fourth-order valence-corrected chi connectivity index (χ4v) is 4.09. The SMILES string of the molecule is COc1cc(NC(=O)C2CCN(c3nc4ccccc4nc3OC)CC2)c(OC)cc1Cl. The first-order chi connectivity index (χ1) is 15.5. The van der Waals surface area contributed by atoms with Gasteiger partial charge in [-0.25, -0.2) is 9.97 Å². The molecular formula is C23H25ClN4O4. The normalized spacial score (nSPS) is 14.3. The second kappa shape index (κ2) is 9.48. The zero-order valence-electron chi connectivity index (χ0n) is 18.2. The molecule has 0 bridgehead atoms. The number of benzene rings is 2. The standard InChI is InChI=1S/C23H25ClN4O4/c1-30-19-13-18(20(31-2)12-15(19)24)26-22(29)14-8-10-28(11-9-14)21-23(32-3)27-17-7-5-4-6-16(17)25-21/h4-7,12-14H,8-11H2,1-3H3,(H,26,29). The van der Waals surface area contributed by atoms with Gasteiger partial charge < -0.3 is 24.4 Å². The van der Waals surface area contributed by atoms with Crippen molar-refractivity contribution in [2.24, 2.45) is 5.92 Å². The van der Waals surface area contributed by atoms with Crippen molar-refractivity contribution in [1.29, 1.82) is 0 Å². The van der Waals surface area contributed by atoms with Crippen LogP contribution in [0.4, 0.5) is 11.5 Å². The van der Waals surface area contributed by atoms with Crippen molar-refractivity contribution < 1.29 is 19.0 Å². The van der Waals surface area contributed by atoms with Crippen LogP contribution in [0.1, 0.15) is 12.8 Å². The highest BCUT2D eigenvalue weighted by Crippen LogP contribution is 2.37. The first kappa shape index (κ1) is 22.0. The quantitative estimate of drug-likeness (QED) is 0.595. The number of rotatable bonds is 6. The third-order valence-corrected chi connectivity index (χ3v) is 5.91. The van der Waals surface area contributed by atoms with Crippen LogP contribution in [0.2, 0.25) is 5.02 Å². The summed E-state index contributed by atoms with van der Waals surface area (Å²) in [4.78, 5) is 24.4. The smallest absolute Gasteiger partial charge is 0.257 e. The number of amides is 1. The Bertz CT molecular complexity index is 1130. The van der Waals surface area contributed by atoms with Gasteiger partial charge in [-0.2, -0.15) is 0 Å². The predicted molar refractivity (Wildman–Crippen MR) is 124 cm³/mol. The van der Waals surface area contributed by atoms with Crippen LogP contribution in [0, 0.1) is 5.92 Å². The van der Waals surface area contributed by atoms with Gasteiger partial charge in [0.15, 0.2) is 5.82 Å². The highest BCUT2D eigenvalue weighted by molar-refractivity contribution is 6.32. The number of hydrogen-bond acceptors (Lipinski definition) is 7. The molecule has 32 heavy (non-hydrogen) atoms. The van der Waals surface area contributed by atoms with Crippen LogP contribution in [0.5, 0.6) is 17.4 Å². The molecule has 0 aliphatic carbocycles. The number of ether oxygens (including phenoxy) is 3. The van der Waals surface area contributed by atoms with E-state index in [-0.39, 0.29) is 11.8 Å². The molecule has 1 aliphatic rings. The second-order valence-corrected chi connectivity index (χ2v) is 7.89. The highest BCUT2D eigenvalue weighted by Gasteiger charge is 2.28. The molecule has 1 amide bonds. The summed E-state index contributed by atoms with van der Waals surface area (Å²) in [7, 11) is 4.65. The maximum atomic E-state index is 12.9. The minimum absolute atomic E-state index is 0.0658. The highest BCUT2D eigenvalue weighted by atomic mass is 35.5. The van der Waals surface area contributed by atoms with Crippen LogP contribution in [0.3, 0.4) is 0 Å². The molecule has 2 heterocycles. The Labute approximate surface area is 191 Å². The third-order valence-electron chi connectivity index (χ3n) is 5.61. The Morgan fingerprint density at radius 2 is 1.66 bits per heavy atom. The number of halogens is 1. The van der Waals surface area contributed by atoms with E-state index in [1.807, 2.05) is 24.3 Å². The molecule has 1 N–H and O–H groups in total. The van der Waals surface area contributed by atoms with E-state index in [0.29, 0.717) is 59.8 Å². The lowest BCUT2D eigenvalue weighted by molar-refractivity contribution is -0.120. The topological polar surface area (TPSA) is 85.8 Å². The molecule has 1 aromatic heterocycles. The van der Waals surface area contributed by atoms with Crippen LogP contribution >= 0.6 is 11.6 Å². The number of para-hydroxylation sites is 2. The largest absolute Gasteiger partial charge is 0.495 e. The fourth-order valence-electron chi connectivity index (χ4n) is 3.86. The van der Waals surface area contributed by atoms with E-state index in [1.165, 1.54) is 14.2 Å². The summed E-state index contributed by atoms with van der Waals surface area (Å²) in [5.41, 5.74) is 2.13. The zero-order valence-corrected chi connectivity index (χ0v) is 19.0. The molecule has 3 aromatic rings. The van der Waals surface area contributed by atoms with Gasteiger partial charge in [-0.15, -0.1) is 0 Å². The minimum Gasteiger partial charge on any atom is -0.495 e. The first-order valence-corrected chi connectivity index (χ1v) is 10.7. The molecule has 1 fully saturated rings. The number of nitrogens with one attached hydrogen (secondary N) is 1. The number of carbonyl (C=O) groups excluding carboxylic acids is 1. The number of anilines is 2. The number of methoxy groups -OCH3 is 3. The summed E-state index contributed by atoms with van der Waals surface area (Å²) < 4.78 is 16.1. The van der Waals surface area contributed by atoms with E-state index >= 15 is 0 Å². The molecule has 1 aliphatic heterocycles. The second-order valence-electron chi connectivity index (χ2n) is 7.48. The van der Waals surface area contributed by atoms with Crippen molar-refractivity contribution in [1.82, 2.24) is 9.97 Å². The van der Waals surface area contributed by atoms with Crippen molar-refractivity contribution in [2.75, 3.05) is 44.6 Å². The van der Waals surface area contributed by atoms with Gasteiger partial charge in [0.2, 0.25) is 5.91 Å². The number of piperidine rings is 1. The average Bonchev–Trinajstić information content (AvgIpc) is 2.83. The number of hydrogen-bond donors (Lipinski definition) is 1. The molecule has 0 unspecified atom stereocenters. The van der Waals surface area contributed by atoms with Gasteiger partial charge >= 0.3 is 0 Å². The summed E-state index contributed by atoms with van der Waals surface area (Å²) >= 11 is 6.16. The molecule has 0 radical (unpaired) electrons. The summed E-state index contributed by atoms with van der Waals surface area (Å²) in [6.07, 6.45) is 1.35. The molecule has 4 rings (SSSR count). The van der Waals surface area contributed by atoms with E-state index in [9.17, 15) is 4.79 Å². The number of aromatic nitrogens is 2. The van der Waals surface area contributed by atoms with Crippen LogP contribution in [-0.4, -0.2) is 50.3 Å². The van der Waals surface area contributed by atoms with Crippen LogP contribution < -0.4 is 24.4 Å². The Morgan fingerprint density at radius 3 is 2.28 bits per heavy atom. The Morgan fingerprint density at radius 1 is 1.00 bits per heavy atom. The fraction of sp³-hybridized carbons (Fsp3) is 0.348. The van der Waals surface area contributed by atoms with Gasteiger partial charge in [-0.05, 0) is 25.0 Å². The van der Waals surface area contributed by atoms with Gasteiger partial charge in [0.05, 0.1) is 43.1 Å². The van der Waals surface area contributed by atoms with E-state index < -0.39 is 0 Å². The molecule has 168 valence electrons. The van der Waals surface area contributed by atoms with Crippen molar-refractivity contribution in [3.63, 3.8) is 0 Å². The Balaban J connectivity index is 1.46.